The van der Waals surface area contributed by atoms with Gasteiger partial charge in [0.2, 0.25) is 0 Å². The van der Waals surface area contributed by atoms with E-state index >= 15 is 0 Å². The number of rotatable bonds is 2. The third-order valence-corrected chi connectivity index (χ3v) is 3.12. The van der Waals surface area contributed by atoms with Crippen molar-refractivity contribution < 1.29 is 0 Å². The fourth-order valence-electron chi connectivity index (χ4n) is 2.05. The summed E-state index contributed by atoms with van der Waals surface area (Å²) in [6.45, 7) is 5.74. The van der Waals surface area contributed by atoms with Crippen molar-refractivity contribution in [3.8, 4) is 0 Å². The molecule has 2 heterocycles. The van der Waals surface area contributed by atoms with Gasteiger partial charge >= 0.3 is 0 Å². The van der Waals surface area contributed by atoms with E-state index in [1.54, 1.807) is 0 Å². The van der Waals surface area contributed by atoms with Gasteiger partial charge in [0.15, 0.2) is 0 Å². The largest absolute Gasteiger partial charge is 0.351 e. The molecule has 15 heavy (non-hydrogen) atoms. The van der Waals surface area contributed by atoms with Gasteiger partial charge in [-0.05, 0) is 26.7 Å². The smallest absolute Gasteiger partial charge is 0.147 e. The molecule has 0 radical (unpaired) electrons. The van der Waals surface area contributed by atoms with Gasteiger partial charge in [0.05, 0.1) is 17.6 Å². The van der Waals surface area contributed by atoms with Crippen LogP contribution in [0, 0.1) is 13.8 Å². The van der Waals surface area contributed by atoms with Gasteiger partial charge in [-0.1, -0.05) is 0 Å². The second-order valence-electron chi connectivity index (χ2n) is 4.12. The van der Waals surface area contributed by atoms with Crippen LogP contribution in [-0.4, -0.2) is 29.1 Å². The maximum Gasteiger partial charge on any atom is 0.147 e. The molecule has 1 saturated heterocycles. The molecule has 0 saturated carbocycles. The summed E-state index contributed by atoms with van der Waals surface area (Å²) in [5, 5.41) is 0. The van der Waals surface area contributed by atoms with Gasteiger partial charge in [0.1, 0.15) is 5.82 Å². The standard InChI is InChI=1S/C11H18N4/c1-8-9(2)14-11(7-13-8)15-5-3-4-10(15)6-12/h7,10H,3-6,12H2,1-2H3. The third-order valence-electron chi connectivity index (χ3n) is 3.12. The van der Waals surface area contributed by atoms with Crippen molar-refractivity contribution in [1.82, 2.24) is 9.97 Å². The molecule has 4 heteroatoms. The Morgan fingerprint density at radius 3 is 2.93 bits per heavy atom. The highest BCUT2D eigenvalue weighted by atomic mass is 15.2. The van der Waals surface area contributed by atoms with Crippen molar-refractivity contribution in [2.24, 2.45) is 5.73 Å². The number of anilines is 1. The summed E-state index contributed by atoms with van der Waals surface area (Å²) in [6, 6.07) is 0.446. The van der Waals surface area contributed by atoms with Gasteiger partial charge in [-0.3, -0.25) is 4.98 Å². The lowest BCUT2D eigenvalue weighted by molar-refractivity contribution is 0.669. The van der Waals surface area contributed by atoms with Gasteiger partial charge in [-0.15, -0.1) is 0 Å². The fourth-order valence-corrected chi connectivity index (χ4v) is 2.05. The molecular formula is C11H18N4. The van der Waals surface area contributed by atoms with E-state index in [1.807, 2.05) is 20.0 Å². The summed E-state index contributed by atoms with van der Waals surface area (Å²) in [5.41, 5.74) is 7.75. The van der Waals surface area contributed by atoms with Crippen LogP contribution in [-0.2, 0) is 0 Å². The summed E-state index contributed by atoms with van der Waals surface area (Å²) >= 11 is 0. The molecule has 2 rings (SSSR count). The summed E-state index contributed by atoms with van der Waals surface area (Å²) in [4.78, 5) is 11.2. The first-order chi connectivity index (χ1) is 7.22. The summed E-state index contributed by atoms with van der Waals surface area (Å²) in [7, 11) is 0. The van der Waals surface area contributed by atoms with Crippen LogP contribution in [0.4, 0.5) is 5.82 Å². The van der Waals surface area contributed by atoms with E-state index < -0.39 is 0 Å². The lowest BCUT2D eigenvalue weighted by Crippen LogP contribution is -2.36. The number of nitrogens with zero attached hydrogens (tertiary/aromatic N) is 3. The van der Waals surface area contributed by atoms with Gasteiger partial charge in [-0.2, -0.15) is 0 Å². The Balaban J connectivity index is 2.25. The molecule has 0 spiro atoms. The summed E-state index contributed by atoms with van der Waals surface area (Å²) < 4.78 is 0. The van der Waals surface area contributed by atoms with Gasteiger partial charge in [0, 0.05) is 19.1 Å². The lowest BCUT2D eigenvalue weighted by atomic mass is 10.2. The maximum atomic E-state index is 5.74. The Hall–Kier alpha value is -1.16. The van der Waals surface area contributed by atoms with Crippen molar-refractivity contribution in [1.29, 1.82) is 0 Å². The van der Waals surface area contributed by atoms with Crippen molar-refractivity contribution >= 4 is 5.82 Å². The summed E-state index contributed by atoms with van der Waals surface area (Å²) in [5.74, 6) is 0.978. The average molecular weight is 206 g/mol. The van der Waals surface area contributed by atoms with Crippen LogP contribution in [0.1, 0.15) is 24.2 Å². The zero-order valence-corrected chi connectivity index (χ0v) is 9.40. The predicted molar refractivity (Wildman–Crippen MR) is 60.9 cm³/mol. The Kier molecular flexibility index (Phi) is 2.86. The first kappa shape index (κ1) is 10.4. The quantitative estimate of drug-likeness (QED) is 0.785. The molecule has 1 aliphatic heterocycles. The van der Waals surface area contributed by atoms with Crippen molar-refractivity contribution in [2.45, 2.75) is 32.7 Å². The van der Waals surface area contributed by atoms with Crippen LogP contribution in [0.25, 0.3) is 0 Å². The molecule has 4 nitrogen and oxygen atoms in total. The zero-order valence-electron chi connectivity index (χ0n) is 9.40. The highest BCUT2D eigenvalue weighted by Crippen LogP contribution is 2.22. The lowest BCUT2D eigenvalue weighted by Gasteiger charge is -2.24. The number of hydrogen-bond donors (Lipinski definition) is 1. The van der Waals surface area contributed by atoms with E-state index in [9.17, 15) is 0 Å². The maximum absolute atomic E-state index is 5.74. The molecule has 2 N–H and O–H groups in total. The minimum Gasteiger partial charge on any atom is -0.351 e. The first-order valence-electron chi connectivity index (χ1n) is 5.49. The van der Waals surface area contributed by atoms with Crippen LogP contribution in [0.3, 0.4) is 0 Å². The van der Waals surface area contributed by atoms with Crippen molar-refractivity contribution in [3.63, 3.8) is 0 Å². The Bertz CT molecular complexity index is 350. The summed E-state index contributed by atoms with van der Waals surface area (Å²) in [6.07, 6.45) is 4.23. The molecule has 1 aliphatic rings. The molecular weight excluding hydrogens is 188 g/mol. The molecule has 1 fully saturated rings. The van der Waals surface area contributed by atoms with Gasteiger partial charge in [-0.25, -0.2) is 4.98 Å². The van der Waals surface area contributed by atoms with Crippen LogP contribution in [0.15, 0.2) is 6.20 Å². The van der Waals surface area contributed by atoms with E-state index in [-0.39, 0.29) is 0 Å². The third kappa shape index (κ3) is 1.95. The van der Waals surface area contributed by atoms with Gasteiger partial charge in [0.25, 0.3) is 0 Å². The van der Waals surface area contributed by atoms with Crippen LogP contribution in [0.2, 0.25) is 0 Å². The number of nitrogens with two attached hydrogens (primary N) is 1. The Morgan fingerprint density at radius 2 is 2.27 bits per heavy atom. The molecule has 0 amide bonds. The van der Waals surface area contributed by atoms with E-state index in [4.69, 9.17) is 5.73 Å². The van der Waals surface area contributed by atoms with E-state index in [2.05, 4.69) is 14.9 Å². The molecule has 1 aromatic rings. The van der Waals surface area contributed by atoms with E-state index in [0.29, 0.717) is 12.6 Å². The topological polar surface area (TPSA) is 55.0 Å². The monoisotopic (exact) mass is 206 g/mol. The van der Waals surface area contributed by atoms with Crippen LogP contribution < -0.4 is 10.6 Å². The Labute approximate surface area is 90.5 Å². The predicted octanol–water partition coefficient (Wildman–Crippen LogP) is 1.02. The normalized spacial score (nSPS) is 21.0. The molecule has 1 aromatic heterocycles. The average Bonchev–Trinajstić information content (AvgIpc) is 2.70. The highest BCUT2D eigenvalue weighted by molar-refractivity contribution is 5.40. The van der Waals surface area contributed by atoms with Crippen LogP contribution in [0.5, 0.6) is 0 Å². The highest BCUT2D eigenvalue weighted by Gasteiger charge is 2.24. The second-order valence-corrected chi connectivity index (χ2v) is 4.12. The number of aromatic nitrogens is 2. The van der Waals surface area contributed by atoms with E-state index in [0.717, 1.165) is 23.8 Å². The minimum absolute atomic E-state index is 0.446. The number of aryl methyl sites for hydroxylation is 2. The molecule has 82 valence electrons. The molecule has 1 atom stereocenters. The van der Waals surface area contributed by atoms with Gasteiger partial charge < -0.3 is 10.6 Å². The molecule has 0 bridgehead atoms. The molecule has 0 aromatic carbocycles. The SMILES string of the molecule is Cc1ncc(N2CCCC2CN)nc1C. The van der Waals surface area contributed by atoms with Crippen molar-refractivity contribution in [2.75, 3.05) is 18.0 Å². The zero-order chi connectivity index (χ0) is 10.8. The minimum atomic E-state index is 0.446. The molecule has 0 aliphatic carbocycles. The van der Waals surface area contributed by atoms with Crippen molar-refractivity contribution in [3.05, 3.63) is 17.6 Å². The Morgan fingerprint density at radius 1 is 1.47 bits per heavy atom. The first-order valence-corrected chi connectivity index (χ1v) is 5.49. The molecule has 1 unspecified atom stereocenters. The van der Waals surface area contributed by atoms with Crippen LogP contribution >= 0.6 is 0 Å². The number of hydrogen-bond acceptors (Lipinski definition) is 4. The fraction of sp³-hybridized carbons (Fsp3) is 0.636. The van der Waals surface area contributed by atoms with E-state index in [1.165, 1.54) is 12.8 Å². The second kappa shape index (κ2) is 4.14.